The summed E-state index contributed by atoms with van der Waals surface area (Å²) in [5.74, 6) is 2.30. The molecule has 26 heavy (non-hydrogen) atoms. The molecule has 1 aromatic carbocycles. The molecule has 2 N–H and O–H groups in total. The molecule has 0 radical (unpaired) electrons. The maximum absolute atomic E-state index is 4.79. The normalized spacial score (nSPS) is 19.4. The van der Waals surface area contributed by atoms with E-state index in [1.54, 1.807) is 0 Å². The molecule has 0 aliphatic heterocycles. The largest absolute Gasteiger partial charge is 0.357 e. The number of aromatic nitrogens is 2. The highest BCUT2D eigenvalue weighted by Gasteiger charge is 2.37. The lowest BCUT2D eigenvalue weighted by molar-refractivity contribution is 0.555. The molecule has 1 aromatic heterocycles. The van der Waals surface area contributed by atoms with Crippen molar-refractivity contribution >= 4 is 5.96 Å². The highest BCUT2D eigenvalue weighted by Crippen LogP contribution is 2.47. The Hall–Kier alpha value is -2.30. The Morgan fingerprint density at radius 1 is 1.23 bits per heavy atom. The average molecular weight is 354 g/mol. The van der Waals surface area contributed by atoms with Crippen LogP contribution in [0.15, 0.2) is 41.4 Å². The summed E-state index contributed by atoms with van der Waals surface area (Å²) >= 11 is 0. The van der Waals surface area contributed by atoms with Crippen LogP contribution in [-0.2, 0) is 6.54 Å². The molecule has 1 saturated carbocycles. The van der Waals surface area contributed by atoms with Crippen LogP contribution in [0.5, 0.6) is 0 Å². The molecule has 1 aliphatic carbocycles. The van der Waals surface area contributed by atoms with Gasteiger partial charge in [-0.2, -0.15) is 5.10 Å². The Bertz CT molecular complexity index is 719. The molecule has 3 rings (SSSR count). The number of hydrogen-bond donors (Lipinski definition) is 2. The number of rotatable bonds is 8. The number of nitrogens with zero attached hydrogens (tertiary/aromatic N) is 3. The molecular weight excluding hydrogens is 322 g/mol. The van der Waals surface area contributed by atoms with Crippen LogP contribution in [0, 0.1) is 19.8 Å². The van der Waals surface area contributed by atoms with E-state index in [0.717, 1.165) is 44.3 Å². The number of aliphatic imine (C=N–C) groups is 1. The Balaban J connectivity index is 1.42. The van der Waals surface area contributed by atoms with Gasteiger partial charge in [0, 0.05) is 31.9 Å². The third-order valence-electron chi connectivity index (χ3n) is 4.92. The third-order valence-corrected chi connectivity index (χ3v) is 4.92. The monoisotopic (exact) mass is 353 g/mol. The van der Waals surface area contributed by atoms with Gasteiger partial charge in [0.1, 0.15) is 0 Å². The molecule has 0 spiro atoms. The van der Waals surface area contributed by atoms with Gasteiger partial charge in [0.25, 0.3) is 0 Å². The first kappa shape index (κ1) is 18.5. The highest BCUT2D eigenvalue weighted by atomic mass is 15.3. The lowest BCUT2D eigenvalue weighted by Gasteiger charge is -2.11. The zero-order valence-corrected chi connectivity index (χ0v) is 16.2. The van der Waals surface area contributed by atoms with E-state index in [0.29, 0.717) is 11.8 Å². The van der Waals surface area contributed by atoms with Crippen molar-refractivity contribution in [2.45, 2.75) is 46.1 Å². The van der Waals surface area contributed by atoms with Crippen molar-refractivity contribution in [1.29, 1.82) is 0 Å². The van der Waals surface area contributed by atoms with Gasteiger partial charge in [-0.25, -0.2) is 0 Å². The van der Waals surface area contributed by atoms with E-state index >= 15 is 0 Å². The van der Waals surface area contributed by atoms with Crippen LogP contribution in [0.3, 0.4) is 0 Å². The van der Waals surface area contributed by atoms with Crippen LogP contribution < -0.4 is 10.6 Å². The standard InChI is InChI=1S/C21H31N5/c1-4-22-21(23-11-8-12-26-17(3)13-16(2)25-26)24-15-19-14-20(19)18-9-6-5-7-10-18/h5-7,9-10,13,19-20H,4,8,11-12,14-15H2,1-3H3,(H2,22,23,24). The van der Waals surface area contributed by atoms with Crippen molar-refractivity contribution in [1.82, 2.24) is 20.4 Å². The van der Waals surface area contributed by atoms with Crippen LogP contribution in [0.1, 0.15) is 42.6 Å². The van der Waals surface area contributed by atoms with E-state index in [9.17, 15) is 0 Å². The summed E-state index contributed by atoms with van der Waals surface area (Å²) < 4.78 is 2.08. The van der Waals surface area contributed by atoms with E-state index < -0.39 is 0 Å². The second-order valence-corrected chi connectivity index (χ2v) is 7.16. The SMILES string of the molecule is CCNC(=NCC1CC1c1ccccc1)NCCCn1nc(C)cc1C. The summed E-state index contributed by atoms with van der Waals surface area (Å²) in [6.07, 6.45) is 2.29. The number of guanidine groups is 1. The minimum absolute atomic E-state index is 0.683. The van der Waals surface area contributed by atoms with Crippen molar-refractivity contribution in [3.8, 4) is 0 Å². The highest BCUT2D eigenvalue weighted by molar-refractivity contribution is 5.79. The average Bonchev–Trinajstić information content (AvgIpc) is 3.35. The van der Waals surface area contributed by atoms with Gasteiger partial charge in [-0.05, 0) is 57.1 Å². The second kappa shape index (κ2) is 8.88. The summed E-state index contributed by atoms with van der Waals surface area (Å²) in [5, 5.41) is 11.3. The van der Waals surface area contributed by atoms with E-state index in [2.05, 4.69) is 70.7 Å². The molecule has 0 saturated heterocycles. The summed E-state index contributed by atoms with van der Waals surface area (Å²) in [6.45, 7) is 9.87. The first-order valence-electron chi connectivity index (χ1n) is 9.75. The van der Waals surface area contributed by atoms with E-state index in [4.69, 9.17) is 4.99 Å². The van der Waals surface area contributed by atoms with Crippen molar-refractivity contribution in [3.63, 3.8) is 0 Å². The summed E-state index contributed by atoms with van der Waals surface area (Å²) in [4.78, 5) is 4.79. The Labute approximate surface area is 156 Å². The van der Waals surface area contributed by atoms with Gasteiger partial charge in [0.2, 0.25) is 0 Å². The fourth-order valence-corrected chi connectivity index (χ4v) is 3.45. The van der Waals surface area contributed by atoms with E-state index in [1.807, 2.05) is 6.92 Å². The Kier molecular flexibility index (Phi) is 6.31. The van der Waals surface area contributed by atoms with Gasteiger partial charge < -0.3 is 10.6 Å². The van der Waals surface area contributed by atoms with E-state index in [-0.39, 0.29) is 0 Å². The summed E-state index contributed by atoms with van der Waals surface area (Å²) in [5.41, 5.74) is 3.77. The number of benzene rings is 1. The fourth-order valence-electron chi connectivity index (χ4n) is 3.45. The first-order chi connectivity index (χ1) is 12.7. The zero-order chi connectivity index (χ0) is 18.4. The zero-order valence-electron chi connectivity index (χ0n) is 16.2. The third kappa shape index (κ3) is 5.10. The Morgan fingerprint density at radius 3 is 2.73 bits per heavy atom. The Morgan fingerprint density at radius 2 is 2.04 bits per heavy atom. The van der Waals surface area contributed by atoms with Crippen molar-refractivity contribution in [2.75, 3.05) is 19.6 Å². The van der Waals surface area contributed by atoms with E-state index in [1.165, 1.54) is 17.7 Å². The molecule has 0 amide bonds. The minimum Gasteiger partial charge on any atom is -0.357 e. The van der Waals surface area contributed by atoms with Crippen LogP contribution >= 0.6 is 0 Å². The quantitative estimate of drug-likeness (QED) is 0.435. The summed E-state index contributed by atoms with van der Waals surface area (Å²) in [6, 6.07) is 12.9. The van der Waals surface area contributed by atoms with Gasteiger partial charge in [-0.15, -0.1) is 0 Å². The lowest BCUT2D eigenvalue weighted by atomic mass is 10.1. The fraction of sp³-hybridized carbons (Fsp3) is 0.524. The van der Waals surface area contributed by atoms with Crippen LogP contribution in [0.4, 0.5) is 0 Å². The smallest absolute Gasteiger partial charge is 0.191 e. The number of aryl methyl sites for hydroxylation is 3. The molecule has 2 atom stereocenters. The van der Waals surface area contributed by atoms with Gasteiger partial charge >= 0.3 is 0 Å². The molecule has 5 nitrogen and oxygen atoms in total. The molecule has 2 unspecified atom stereocenters. The topological polar surface area (TPSA) is 54.2 Å². The summed E-state index contributed by atoms with van der Waals surface area (Å²) in [7, 11) is 0. The minimum atomic E-state index is 0.683. The van der Waals surface area contributed by atoms with Gasteiger partial charge in [-0.1, -0.05) is 30.3 Å². The number of hydrogen-bond acceptors (Lipinski definition) is 2. The molecule has 140 valence electrons. The predicted molar refractivity (Wildman–Crippen MR) is 108 cm³/mol. The van der Waals surface area contributed by atoms with Crippen molar-refractivity contribution in [3.05, 3.63) is 53.3 Å². The second-order valence-electron chi connectivity index (χ2n) is 7.16. The van der Waals surface area contributed by atoms with Crippen LogP contribution in [-0.4, -0.2) is 35.4 Å². The molecule has 1 fully saturated rings. The predicted octanol–water partition coefficient (Wildman–Crippen LogP) is 3.25. The van der Waals surface area contributed by atoms with Crippen LogP contribution in [0.2, 0.25) is 0 Å². The van der Waals surface area contributed by atoms with Gasteiger partial charge in [0.15, 0.2) is 5.96 Å². The van der Waals surface area contributed by atoms with Gasteiger partial charge in [0.05, 0.1) is 5.69 Å². The number of nitrogens with one attached hydrogen (secondary N) is 2. The molecule has 5 heteroatoms. The molecule has 0 bridgehead atoms. The van der Waals surface area contributed by atoms with Gasteiger partial charge in [-0.3, -0.25) is 9.67 Å². The lowest BCUT2D eigenvalue weighted by Crippen LogP contribution is -2.38. The maximum atomic E-state index is 4.79. The van der Waals surface area contributed by atoms with Crippen molar-refractivity contribution < 1.29 is 0 Å². The first-order valence-corrected chi connectivity index (χ1v) is 9.75. The molecule has 1 heterocycles. The molecule has 1 aliphatic rings. The molecular formula is C21H31N5. The molecule has 2 aromatic rings. The maximum Gasteiger partial charge on any atom is 0.191 e. The van der Waals surface area contributed by atoms with Crippen molar-refractivity contribution in [2.24, 2.45) is 10.9 Å². The van der Waals surface area contributed by atoms with Crippen LogP contribution in [0.25, 0.3) is 0 Å².